The molecule has 2 aliphatic rings. The maximum absolute atomic E-state index is 13.5. The van der Waals surface area contributed by atoms with Gasteiger partial charge in [0.15, 0.2) is 12.4 Å². The molecule has 2 saturated heterocycles. The normalized spacial score (nSPS) is 17.7. The lowest BCUT2D eigenvalue weighted by Crippen LogP contribution is -2.46. The van der Waals surface area contributed by atoms with Crippen molar-refractivity contribution in [3.8, 4) is 16.9 Å². The van der Waals surface area contributed by atoms with E-state index in [1.807, 2.05) is 34.2 Å². The quantitative estimate of drug-likeness (QED) is 0.686. The summed E-state index contributed by atoms with van der Waals surface area (Å²) in [6.07, 6.45) is 9.26. The van der Waals surface area contributed by atoms with E-state index in [1.54, 1.807) is 37.8 Å². The van der Waals surface area contributed by atoms with Gasteiger partial charge in [-0.15, -0.1) is 0 Å². The molecule has 3 aromatic rings. The third-order valence-electron chi connectivity index (χ3n) is 6.79. The number of carbonyl (C=O) groups excluding carboxylic acids is 2. The second kappa shape index (κ2) is 8.11. The molecular weight excluding hydrogens is 406 g/mol. The zero-order valence-electron chi connectivity index (χ0n) is 18.0. The van der Waals surface area contributed by atoms with E-state index < -0.39 is 5.41 Å². The molecule has 1 spiro atoms. The number of anilines is 1. The zero-order valence-corrected chi connectivity index (χ0v) is 18.0. The number of piperidine rings is 1. The first kappa shape index (κ1) is 20.2. The zero-order chi connectivity index (χ0) is 22.1. The van der Waals surface area contributed by atoms with E-state index in [9.17, 15) is 9.59 Å². The van der Waals surface area contributed by atoms with E-state index in [2.05, 4.69) is 15.2 Å². The van der Waals surface area contributed by atoms with Gasteiger partial charge in [-0.05, 0) is 31.4 Å². The molecule has 8 heteroatoms. The molecule has 0 aliphatic carbocycles. The number of rotatable bonds is 4. The van der Waals surface area contributed by atoms with Crippen LogP contribution < -0.4 is 14.6 Å². The fourth-order valence-corrected chi connectivity index (χ4v) is 4.87. The Labute approximate surface area is 186 Å². The van der Waals surface area contributed by atoms with Crippen molar-refractivity contribution >= 4 is 17.5 Å². The highest BCUT2D eigenvalue weighted by molar-refractivity contribution is 6.01. The molecule has 164 valence electrons. The van der Waals surface area contributed by atoms with Gasteiger partial charge in [-0.1, -0.05) is 0 Å². The molecule has 0 atom stereocenters. The number of H-pyrrole nitrogens is 2. The first-order valence-electron chi connectivity index (χ1n) is 10.9. The van der Waals surface area contributed by atoms with Gasteiger partial charge in [0, 0.05) is 60.8 Å². The molecule has 8 nitrogen and oxygen atoms in total. The SMILES string of the molecule is COc1cc(N2CCC3(CCN(C(=O)c4cc[nH+]cc4)CC3)C2=O)ccc1-c1cn[nH]c1. The Morgan fingerprint density at radius 1 is 1.12 bits per heavy atom. The Kier molecular flexibility index (Phi) is 5.13. The number of nitrogens with one attached hydrogen (secondary N) is 2. The predicted molar refractivity (Wildman–Crippen MR) is 118 cm³/mol. The van der Waals surface area contributed by atoms with Gasteiger partial charge in [0.25, 0.3) is 5.91 Å². The van der Waals surface area contributed by atoms with E-state index >= 15 is 0 Å². The molecule has 1 aromatic carbocycles. The largest absolute Gasteiger partial charge is 0.496 e. The average Bonchev–Trinajstić information content (AvgIpc) is 3.49. The van der Waals surface area contributed by atoms with Gasteiger partial charge < -0.3 is 14.5 Å². The third kappa shape index (κ3) is 3.41. The molecule has 32 heavy (non-hydrogen) atoms. The molecule has 0 bridgehead atoms. The van der Waals surface area contributed by atoms with E-state index in [4.69, 9.17) is 4.74 Å². The number of benzene rings is 1. The number of amides is 2. The van der Waals surface area contributed by atoms with Crippen molar-refractivity contribution in [3.63, 3.8) is 0 Å². The summed E-state index contributed by atoms with van der Waals surface area (Å²) < 4.78 is 5.60. The van der Waals surface area contributed by atoms with E-state index in [1.165, 1.54) is 0 Å². The van der Waals surface area contributed by atoms with Crippen LogP contribution in [0.4, 0.5) is 5.69 Å². The summed E-state index contributed by atoms with van der Waals surface area (Å²) in [4.78, 5) is 32.9. The lowest BCUT2D eigenvalue weighted by Gasteiger charge is -2.38. The van der Waals surface area contributed by atoms with E-state index in [0.717, 1.165) is 23.2 Å². The van der Waals surface area contributed by atoms with Gasteiger partial charge in [-0.25, -0.2) is 4.98 Å². The van der Waals surface area contributed by atoms with Crippen LogP contribution in [0.15, 0.2) is 55.1 Å². The highest BCUT2D eigenvalue weighted by atomic mass is 16.5. The Morgan fingerprint density at radius 3 is 2.56 bits per heavy atom. The molecule has 2 aliphatic heterocycles. The number of aromatic nitrogens is 3. The van der Waals surface area contributed by atoms with Gasteiger partial charge in [0.05, 0.1) is 24.3 Å². The Hall–Kier alpha value is -3.68. The van der Waals surface area contributed by atoms with Gasteiger partial charge in [-0.2, -0.15) is 5.10 Å². The smallest absolute Gasteiger partial charge is 0.254 e. The van der Waals surface area contributed by atoms with Crippen molar-refractivity contribution in [2.24, 2.45) is 5.41 Å². The lowest BCUT2D eigenvalue weighted by atomic mass is 9.77. The van der Waals surface area contributed by atoms with Gasteiger partial charge in [-0.3, -0.25) is 14.7 Å². The first-order chi connectivity index (χ1) is 15.6. The minimum absolute atomic E-state index is 0.0238. The Bertz CT molecular complexity index is 1120. The highest BCUT2D eigenvalue weighted by Crippen LogP contribution is 2.44. The summed E-state index contributed by atoms with van der Waals surface area (Å²) >= 11 is 0. The van der Waals surface area contributed by atoms with Crippen LogP contribution in [-0.2, 0) is 4.79 Å². The highest BCUT2D eigenvalue weighted by Gasteiger charge is 2.49. The summed E-state index contributed by atoms with van der Waals surface area (Å²) in [6.45, 7) is 1.87. The summed E-state index contributed by atoms with van der Waals surface area (Å²) in [7, 11) is 1.63. The molecule has 5 rings (SSSR count). The van der Waals surface area contributed by atoms with Crippen LogP contribution in [-0.4, -0.2) is 53.7 Å². The molecule has 0 saturated carbocycles. The monoisotopic (exact) mass is 432 g/mol. The van der Waals surface area contributed by atoms with Crippen LogP contribution >= 0.6 is 0 Å². The number of methoxy groups -OCH3 is 1. The molecule has 2 N–H and O–H groups in total. The minimum atomic E-state index is -0.391. The summed E-state index contributed by atoms with van der Waals surface area (Å²) in [5, 5.41) is 6.82. The number of hydrogen-bond acceptors (Lipinski definition) is 4. The average molecular weight is 433 g/mol. The number of nitrogens with zero attached hydrogens (tertiary/aromatic N) is 3. The second-order valence-electron chi connectivity index (χ2n) is 8.44. The van der Waals surface area contributed by atoms with Gasteiger partial charge in [0.1, 0.15) is 5.75 Å². The molecular formula is C24H26N5O3+. The van der Waals surface area contributed by atoms with Crippen molar-refractivity contribution in [2.45, 2.75) is 19.3 Å². The van der Waals surface area contributed by atoms with Crippen LogP contribution in [0, 0.1) is 5.41 Å². The number of carbonyl (C=O) groups is 2. The number of ether oxygens (including phenoxy) is 1. The summed E-state index contributed by atoms with van der Waals surface area (Å²) in [5.41, 5.74) is 2.99. The van der Waals surface area contributed by atoms with Crippen molar-refractivity contribution in [1.29, 1.82) is 0 Å². The number of likely N-dealkylation sites (tertiary alicyclic amines) is 1. The minimum Gasteiger partial charge on any atom is -0.496 e. The first-order valence-corrected chi connectivity index (χ1v) is 10.9. The third-order valence-corrected chi connectivity index (χ3v) is 6.79. The van der Waals surface area contributed by atoms with Crippen molar-refractivity contribution in [2.75, 3.05) is 31.6 Å². The second-order valence-corrected chi connectivity index (χ2v) is 8.44. The van der Waals surface area contributed by atoms with Crippen molar-refractivity contribution < 1.29 is 19.3 Å². The number of pyridine rings is 1. The van der Waals surface area contributed by atoms with E-state index in [0.29, 0.717) is 43.8 Å². The van der Waals surface area contributed by atoms with Crippen molar-refractivity contribution in [1.82, 2.24) is 15.1 Å². The molecule has 0 radical (unpaired) electrons. The van der Waals surface area contributed by atoms with Gasteiger partial charge in [0.2, 0.25) is 5.91 Å². The maximum atomic E-state index is 13.5. The number of hydrogen-bond donors (Lipinski definition) is 1. The standard InChI is InChI=1S/C24H25N5O3/c1-32-21-14-19(2-3-20(21)18-15-26-27-16-18)29-13-8-24(23(29)31)6-11-28(12-7-24)22(30)17-4-9-25-10-5-17/h2-5,9-10,14-16H,6-8,11-13H2,1H3,(H,26,27)/p+1. The lowest BCUT2D eigenvalue weighted by molar-refractivity contribution is -0.378. The molecule has 2 amide bonds. The topological polar surface area (TPSA) is 92.7 Å². The molecule has 2 aromatic heterocycles. The van der Waals surface area contributed by atoms with Crippen LogP contribution in [0.3, 0.4) is 0 Å². The van der Waals surface area contributed by atoms with Crippen LogP contribution in [0.25, 0.3) is 11.1 Å². The number of aromatic amines is 2. The van der Waals surface area contributed by atoms with Crippen molar-refractivity contribution in [3.05, 3.63) is 60.7 Å². The molecule has 2 fully saturated rings. The Balaban J connectivity index is 1.31. The fraction of sp³-hybridized carbons (Fsp3) is 0.333. The molecule has 4 heterocycles. The van der Waals surface area contributed by atoms with Crippen LogP contribution in [0.1, 0.15) is 29.6 Å². The van der Waals surface area contributed by atoms with Crippen LogP contribution in [0.2, 0.25) is 0 Å². The molecule has 0 unspecified atom stereocenters. The maximum Gasteiger partial charge on any atom is 0.254 e. The van der Waals surface area contributed by atoms with E-state index in [-0.39, 0.29) is 11.8 Å². The summed E-state index contributed by atoms with van der Waals surface area (Å²) in [5.74, 6) is 0.880. The Morgan fingerprint density at radius 2 is 1.88 bits per heavy atom. The fourth-order valence-electron chi connectivity index (χ4n) is 4.87. The predicted octanol–water partition coefficient (Wildman–Crippen LogP) is 2.56. The van der Waals surface area contributed by atoms with Crippen LogP contribution in [0.5, 0.6) is 5.75 Å². The summed E-state index contributed by atoms with van der Waals surface area (Å²) in [6, 6.07) is 9.43. The van der Waals surface area contributed by atoms with Gasteiger partial charge >= 0.3 is 0 Å².